The molecule has 18 heavy (non-hydrogen) atoms. The first kappa shape index (κ1) is 13.5. The highest BCUT2D eigenvalue weighted by molar-refractivity contribution is 7.17. The highest BCUT2D eigenvalue weighted by Gasteiger charge is 2.19. The van der Waals surface area contributed by atoms with E-state index < -0.39 is 0 Å². The van der Waals surface area contributed by atoms with Crippen LogP contribution >= 0.6 is 11.3 Å². The van der Waals surface area contributed by atoms with E-state index in [-0.39, 0.29) is 5.78 Å². The monoisotopic (exact) mass is 266 g/mol. The lowest BCUT2D eigenvalue weighted by Gasteiger charge is -2.26. The van der Waals surface area contributed by atoms with Gasteiger partial charge in [-0.15, -0.1) is 0 Å². The van der Waals surface area contributed by atoms with E-state index in [0.717, 1.165) is 28.2 Å². The topological polar surface area (TPSA) is 33.2 Å². The van der Waals surface area contributed by atoms with Crippen molar-refractivity contribution in [3.63, 3.8) is 0 Å². The number of aromatic nitrogens is 1. The number of carbonyl (C=O) groups excluding carboxylic acids is 1. The Labute approximate surface area is 113 Å². The van der Waals surface area contributed by atoms with Crippen LogP contribution in [0.25, 0.3) is 0 Å². The molecule has 0 bridgehead atoms. The van der Waals surface area contributed by atoms with Gasteiger partial charge in [-0.25, -0.2) is 4.98 Å². The van der Waals surface area contributed by atoms with Crippen LogP contribution in [0, 0.1) is 12.8 Å². The molecule has 0 unspecified atom stereocenters. The Morgan fingerprint density at radius 2 is 2.06 bits per heavy atom. The van der Waals surface area contributed by atoms with Crippen LogP contribution < -0.4 is 4.90 Å². The molecule has 4 heteroatoms. The number of carbonyl (C=O) groups is 1. The van der Waals surface area contributed by atoms with Gasteiger partial charge in [0.05, 0.1) is 10.6 Å². The second-order valence-electron chi connectivity index (χ2n) is 5.35. The molecular weight excluding hydrogens is 244 g/mol. The Morgan fingerprint density at radius 3 is 2.61 bits per heavy atom. The van der Waals surface area contributed by atoms with Crippen molar-refractivity contribution in [2.24, 2.45) is 5.92 Å². The lowest BCUT2D eigenvalue weighted by atomic mass is 9.89. The Morgan fingerprint density at radius 1 is 1.39 bits per heavy atom. The molecule has 2 rings (SSSR count). The summed E-state index contributed by atoms with van der Waals surface area (Å²) in [6, 6.07) is 0. The van der Waals surface area contributed by atoms with Gasteiger partial charge in [-0.1, -0.05) is 30.6 Å². The normalized spacial score (nSPS) is 16.8. The van der Waals surface area contributed by atoms with Crippen LogP contribution in [0.1, 0.15) is 54.4 Å². The molecule has 0 radical (unpaired) electrons. The summed E-state index contributed by atoms with van der Waals surface area (Å²) in [6.07, 6.45) is 6.82. The van der Waals surface area contributed by atoms with Crippen LogP contribution in [-0.2, 0) is 0 Å². The van der Waals surface area contributed by atoms with Gasteiger partial charge < -0.3 is 4.90 Å². The fraction of sp³-hybridized carbons (Fsp3) is 0.714. The van der Waals surface area contributed by atoms with E-state index in [2.05, 4.69) is 16.9 Å². The molecule has 1 saturated carbocycles. The summed E-state index contributed by atoms with van der Waals surface area (Å²) < 4.78 is 0. The minimum absolute atomic E-state index is 0.127. The van der Waals surface area contributed by atoms with E-state index in [1.807, 2.05) is 6.92 Å². The smallest absolute Gasteiger partial charge is 0.185 e. The molecule has 3 nitrogen and oxygen atoms in total. The largest absolute Gasteiger partial charge is 0.351 e. The van der Waals surface area contributed by atoms with Gasteiger partial charge in [-0.3, -0.25) is 4.79 Å². The number of hydrogen-bond acceptors (Lipinski definition) is 4. The Bertz CT molecular complexity index is 421. The lowest BCUT2D eigenvalue weighted by molar-refractivity contribution is 0.102. The Kier molecular flexibility index (Phi) is 4.38. The van der Waals surface area contributed by atoms with Gasteiger partial charge in [0.25, 0.3) is 0 Å². The average molecular weight is 266 g/mol. The van der Waals surface area contributed by atoms with E-state index >= 15 is 0 Å². The molecule has 0 atom stereocenters. The highest BCUT2D eigenvalue weighted by atomic mass is 32.1. The number of Topliss-reactive ketones (excluding diaryl/α,β-unsaturated/α-hetero) is 1. The molecule has 1 aromatic rings. The number of thiazole rings is 1. The number of hydrogen-bond donors (Lipinski definition) is 0. The third-order valence-corrected chi connectivity index (χ3v) is 5.06. The zero-order valence-corrected chi connectivity index (χ0v) is 12.3. The van der Waals surface area contributed by atoms with Crippen LogP contribution in [0.5, 0.6) is 0 Å². The van der Waals surface area contributed by atoms with Gasteiger partial charge >= 0.3 is 0 Å². The van der Waals surface area contributed by atoms with Gasteiger partial charge in [-0.05, 0) is 25.7 Å². The van der Waals surface area contributed by atoms with E-state index in [1.165, 1.54) is 43.4 Å². The number of aryl methyl sites for hydroxylation is 1. The maximum absolute atomic E-state index is 11.4. The highest BCUT2D eigenvalue weighted by Crippen LogP contribution is 2.29. The molecule has 0 amide bonds. The fourth-order valence-corrected chi connectivity index (χ4v) is 3.64. The number of ketones is 1. The van der Waals surface area contributed by atoms with Gasteiger partial charge in [0.15, 0.2) is 10.9 Å². The number of anilines is 1. The zero-order chi connectivity index (χ0) is 13.1. The van der Waals surface area contributed by atoms with Crippen LogP contribution in [0.3, 0.4) is 0 Å². The van der Waals surface area contributed by atoms with Crippen molar-refractivity contribution < 1.29 is 4.79 Å². The van der Waals surface area contributed by atoms with E-state index in [0.29, 0.717) is 0 Å². The SMILES string of the molecule is CC(=O)c1sc(N(C)CC2CCCCC2)nc1C. The fourth-order valence-electron chi connectivity index (χ4n) is 2.71. The van der Waals surface area contributed by atoms with E-state index in [4.69, 9.17) is 0 Å². The summed E-state index contributed by atoms with van der Waals surface area (Å²) in [5.74, 6) is 0.927. The summed E-state index contributed by atoms with van der Waals surface area (Å²) in [4.78, 5) is 19.0. The molecule has 0 aromatic carbocycles. The first-order chi connectivity index (χ1) is 8.58. The predicted molar refractivity (Wildman–Crippen MR) is 76.7 cm³/mol. The molecule has 0 aliphatic heterocycles. The maximum atomic E-state index is 11.4. The lowest BCUT2D eigenvalue weighted by Crippen LogP contribution is -2.26. The van der Waals surface area contributed by atoms with Crippen molar-refractivity contribution in [2.45, 2.75) is 46.0 Å². The molecule has 0 N–H and O–H groups in total. The van der Waals surface area contributed by atoms with Gasteiger partial charge in [0.1, 0.15) is 0 Å². The molecule has 100 valence electrons. The summed E-state index contributed by atoms with van der Waals surface area (Å²) in [6.45, 7) is 4.61. The van der Waals surface area contributed by atoms with Crippen LogP contribution in [-0.4, -0.2) is 24.4 Å². The van der Waals surface area contributed by atoms with Crippen molar-refractivity contribution in [3.8, 4) is 0 Å². The minimum atomic E-state index is 0.127. The van der Waals surface area contributed by atoms with Crippen LogP contribution in [0.2, 0.25) is 0 Å². The third-order valence-electron chi connectivity index (χ3n) is 3.69. The summed E-state index contributed by atoms with van der Waals surface area (Å²) >= 11 is 1.53. The molecule has 1 aromatic heterocycles. The second-order valence-corrected chi connectivity index (χ2v) is 6.33. The van der Waals surface area contributed by atoms with Crippen molar-refractivity contribution in [1.82, 2.24) is 4.98 Å². The van der Waals surface area contributed by atoms with Crippen LogP contribution in [0.15, 0.2) is 0 Å². The summed E-state index contributed by atoms with van der Waals surface area (Å²) in [7, 11) is 2.09. The maximum Gasteiger partial charge on any atom is 0.185 e. The predicted octanol–water partition coefficient (Wildman–Crippen LogP) is 3.67. The molecule has 0 spiro atoms. The number of rotatable bonds is 4. The molecule has 1 aliphatic rings. The standard InChI is InChI=1S/C14H22N2OS/c1-10-13(11(2)17)18-14(15-10)16(3)9-12-7-5-4-6-8-12/h12H,4-9H2,1-3H3. The zero-order valence-electron chi connectivity index (χ0n) is 11.5. The molecule has 0 saturated heterocycles. The van der Waals surface area contributed by atoms with Crippen LogP contribution in [0.4, 0.5) is 5.13 Å². The number of nitrogens with zero attached hydrogens (tertiary/aromatic N) is 2. The van der Waals surface area contributed by atoms with E-state index in [1.54, 1.807) is 6.92 Å². The Balaban J connectivity index is 2.01. The minimum Gasteiger partial charge on any atom is -0.351 e. The van der Waals surface area contributed by atoms with Crippen molar-refractivity contribution in [3.05, 3.63) is 10.6 Å². The van der Waals surface area contributed by atoms with E-state index in [9.17, 15) is 4.79 Å². The first-order valence-electron chi connectivity index (χ1n) is 6.77. The van der Waals surface area contributed by atoms with Gasteiger partial charge in [0, 0.05) is 20.5 Å². The molecule has 1 fully saturated rings. The summed E-state index contributed by atoms with van der Waals surface area (Å²) in [5.41, 5.74) is 0.873. The van der Waals surface area contributed by atoms with Gasteiger partial charge in [0.2, 0.25) is 0 Å². The van der Waals surface area contributed by atoms with Gasteiger partial charge in [-0.2, -0.15) is 0 Å². The molecular formula is C14H22N2OS. The Hall–Kier alpha value is -0.900. The van der Waals surface area contributed by atoms with Crippen molar-refractivity contribution in [1.29, 1.82) is 0 Å². The first-order valence-corrected chi connectivity index (χ1v) is 7.59. The molecule has 1 heterocycles. The third kappa shape index (κ3) is 3.10. The van der Waals surface area contributed by atoms with Crippen molar-refractivity contribution >= 4 is 22.3 Å². The average Bonchev–Trinajstić information content (AvgIpc) is 2.73. The summed E-state index contributed by atoms with van der Waals surface area (Å²) in [5, 5.41) is 0.989. The second kappa shape index (κ2) is 5.83. The van der Waals surface area contributed by atoms with Crippen molar-refractivity contribution in [2.75, 3.05) is 18.5 Å². The molecule has 1 aliphatic carbocycles. The quantitative estimate of drug-likeness (QED) is 0.780.